The summed E-state index contributed by atoms with van der Waals surface area (Å²) in [6, 6.07) is 8.27. The fraction of sp³-hybridized carbons (Fsp3) is 0.381. The molecule has 0 saturated carbocycles. The molecule has 2 unspecified atom stereocenters. The number of halogens is 1. The second-order valence-corrected chi connectivity index (χ2v) is 8.95. The number of urea groups is 1. The number of benzene rings is 1. The Morgan fingerprint density at radius 1 is 1.28 bits per heavy atom. The molecule has 3 heterocycles. The number of carbonyl (C=O) groups is 3. The lowest BCUT2D eigenvalue weighted by molar-refractivity contribution is -0.140. The van der Waals surface area contributed by atoms with Crippen LogP contribution in [-0.4, -0.2) is 40.7 Å². The standard InChI is InChI=1S/C21H22ClN3O3S/c1-3-16-15-9-11-29-17(15)8-10-24(16)18(26)12-25-19(27)21(2,23-20(25)28)13-4-6-14(22)7-5-13/h4-7,9,11,16H,3,8,10,12H2,1-2H3,(H,23,28). The van der Waals surface area contributed by atoms with E-state index in [0.717, 1.165) is 17.7 Å². The average molecular weight is 432 g/mol. The summed E-state index contributed by atoms with van der Waals surface area (Å²) in [6.07, 6.45) is 1.59. The van der Waals surface area contributed by atoms with Gasteiger partial charge in [0, 0.05) is 16.4 Å². The molecular formula is C21H22ClN3O3S. The molecule has 1 fully saturated rings. The number of nitrogens with one attached hydrogen (secondary N) is 1. The Hall–Kier alpha value is -2.38. The lowest BCUT2D eigenvalue weighted by Gasteiger charge is -2.36. The van der Waals surface area contributed by atoms with Crippen molar-refractivity contribution in [3.63, 3.8) is 0 Å². The topological polar surface area (TPSA) is 69.7 Å². The third kappa shape index (κ3) is 3.32. The molecule has 6 nitrogen and oxygen atoms in total. The van der Waals surface area contributed by atoms with Crippen molar-refractivity contribution in [1.82, 2.24) is 15.1 Å². The summed E-state index contributed by atoms with van der Waals surface area (Å²) >= 11 is 7.65. The van der Waals surface area contributed by atoms with Gasteiger partial charge in [-0.1, -0.05) is 30.7 Å². The van der Waals surface area contributed by atoms with E-state index in [0.29, 0.717) is 17.1 Å². The van der Waals surface area contributed by atoms with Crippen molar-refractivity contribution in [1.29, 1.82) is 0 Å². The van der Waals surface area contributed by atoms with Crippen LogP contribution in [0.25, 0.3) is 0 Å². The Bertz CT molecular complexity index is 974. The summed E-state index contributed by atoms with van der Waals surface area (Å²) in [7, 11) is 0. The van der Waals surface area contributed by atoms with Crippen LogP contribution in [-0.2, 0) is 21.5 Å². The van der Waals surface area contributed by atoms with E-state index in [1.54, 1.807) is 47.4 Å². The van der Waals surface area contributed by atoms with Crippen LogP contribution in [0.4, 0.5) is 4.79 Å². The Balaban J connectivity index is 1.53. The molecule has 8 heteroatoms. The maximum absolute atomic E-state index is 13.1. The van der Waals surface area contributed by atoms with E-state index in [-0.39, 0.29) is 18.5 Å². The van der Waals surface area contributed by atoms with Crippen molar-refractivity contribution in [3.05, 3.63) is 56.7 Å². The van der Waals surface area contributed by atoms with Gasteiger partial charge in [-0.15, -0.1) is 11.3 Å². The lowest BCUT2D eigenvalue weighted by Crippen LogP contribution is -2.47. The number of nitrogens with zero attached hydrogens (tertiary/aromatic N) is 2. The second kappa shape index (κ2) is 7.46. The van der Waals surface area contributed by atoms with Crippen LogP contribution in [0.2, 0.25) is 5.02 Å². The molecule has 29 heavy (non-hydrogen) atoms. The molecule has 152 valence electrons. The van der Waals surface area contributed by atoms with Gasteiger partial charge >= 0.3 is 6.03 Å². The fourth-order valence-corrected chi connectivity index (χ4v) is 5.23. The van der Waals surface area contributed by atoms with Gasteiger partial charge in [-0.3, -0.25) is 14.5 Å². The smallest absolute Gasteiger partial charge is 0.325 e. The molecule has 1 aromatic heterocycles. The molecule has 0 aliphatic carbocycles. The van der Waals surface area contributed by atoms with Gasteiger partial charge in [0.25, 0.3) is 5.91 Å². The SMILES string of the molecule is CCC1c2ccsc2CCN1C(=O)CN1C(=O)NC(C)(c2ccc(Cl)cc2)C1=O. The van der Waals surface area contributed by atoms with E-state index in [1.807, 2.05) is 6.92 Å². The number of fused-ring (bicyclic) bond motifs is 1. The Morgan fingerprint density at radius 3 is 2.69 bits per heavy atom. The van der Waals surface area contributed by atoms with Crippen molar-refractivity contribution in [3.8, 4) is 0 Å². The Morgan fingerprint density at radius 2 is 2.00 bits per heavy atom. The Kier molecular flexibility index (Phi) is 5.12. The maximum atomic E-state index is 13.1. The zero-order valence-corrected chi connectivity index (χ0v) is 17.8. The molecule has 0 spiro atoms. The molecule has 2 aromatic rings. The van der Waals surface area contributed by atoms with Gasteiger partial charge in [-0.2, -0.15) is 0 Å². The summed E-state index contributed by atoms with van der Waals surface area (Å²) in [5.74, 6) is -0.642. The second-order valence-electron chi connectivity index (χ2n) is 7.51. The first kappa shape index (κ1) is 19.9. The molecule has 2 atom stereocenters. The van der Waals surface area contributed by atoms with E-state index in [1.165, 1.54) is 10.4 Å². The summed E-state index contributed by atoms with van der Waals surface area (Å²) in [5, 5.41) is 5.33. The molecule has 1 saturated heterocycles. The molecule has 0 radical (unpaired) electrons. The van der Waals surface area contributed by atoms with Crippen molar-refractivity contribution in [2.24, 2.45) is 0 Å². The van der Waals surface area contributed by atoms with Crippen molar-refractivity contribution >= 4 is 40.8 Å². The van der Waals surface area contributed by atoms with Crippen LogP contribution >= 0.6 is 22.9 Å². The van der Waals surface area contributed by atoms with E-state index >= 15 is 0 Å². The molecule has 2 aliphatic rings. The number of amides is 4. The highest BCUT2D eigenvalue weighted by molar-refractivity contribution is 7.10. The van der Waals surface area contributed by atoms with Crippen LogP contribution in [0.3, 0.4) is 0 Å². The van der Waals surface area contributed by atoms with Gasteiger partial charge in [0.05, 0.1) is 6.04 Å². The maximum Gasteiger partial charge on any atom is 0.325 e. The van der Waals surface area contributed by atoms with Crippen LogP contribution in [0.5, 0.6) is 0 Å². The lowest BCUT2D eigenvalue weighted by atomic mass is 9.92. The third-order valence-electron chi connectivity index (χ3n) is 5.79. The Labute approximate surface area is 178 Å². The first-order valence-electron chi connectivity index (χ1n) is 9.61. The van der Waals surface area contributed by atoms with E-state index in [2.05, 4.69) is 16.8 Å². The third-order valence-corrected chi connectivity index (χ3v) is 7.04. The predicted molar refractivity (Wildman–Crippen MR) is 112 cm³/mol. The highest BCUT2D eigenvalue weighted by Crippen LogP contribution is 2.36. The minimum atomic E-state index is -1.21. The van der Waals surface area contributed by atoms with Gasteiger partial charge in [0.15, 0.2) is 0 Å². The molecule has 4 amide bonds. The van der Waals surface area contributed by atoms with Crippen molar-refractivity contribution in [2.75, 3.05) is 13.1 Å². The summed E-state index contributed by atoms with van der Waals surface area (Å²) < 4.78 is 0. The minimum absolute atomic E-state index is 0.0130. The van der Waals surface area contributed by atoms with Crippen LogP contribution in [0, 0.1) is 0 Å². The largest absolute Gasteiger partial charge is 0.334 e. The number of hydrogen-bond donors (Lipinski definition) is 1. The van der Waals surface area contributed by atoms with E-state index in [9.17, 15) is 14.4 Å². The molecule has 4 rings (SSSR count). The first-order valence-corrected chi connectivity index (χ1v) is 10.9. The van der Waals surface area contributed by atoms with E-state index in [4.69, 9.17) is 11.6 Å². The van der Waals surface area contributed by atoms with Crippen LogP contribution < -0.4 is 5.32 Å². The molecular weight excluding hydrogens is 410 g/mol. The van der Waals surface area contributed by atoms with Crippen molar-refractivity contribution in [2.45, 2.75) is 38.3 Å². The number of rotatable bonds is 4. The van der Waals surface area contributed by atoms with Gasteiger partial charge in [0.1, 0.15) is 12.1 Å². The number of carbonyl (C=O) groups excluding carboxylic acids is 3. The highest BCUT2D eigenvalue weighted by Gasteiger charge is 2.50. The minimum Gasteiger partial charge on any atom is -0.334 e. The monoisotopic (exact) mass is 431 g/mol. The summed E-state index contributed by atoms with van der Waals surface area (Å²) in [5.41, 5.74) is 0.594. The average Bonchev–Trinajstić information content (AvgIpc) is 3.26. The van der Waals surface area contributed by atoms with Gasteiger partial charge in [-0.25, -0.2) is 4.79 Å². The number of hydrogen-bond acceptors (Lipinski definition) is 4. The first-order chi connectivity index (χ1) is 13.8. The van der Waals surface area contributed by atoms with Gasteiger partial charge < -0.3 is 10.2 Å². The van der Waals surface area contributed by atoms with Crippen LogP contribution in [0.1, 0.15) is 42.3 Å². The number of thiophene rings is 1. The fourth-order valence-electron chi connectivity index (χ4n) is 4.18. The highest BCUT2D eigenvalue weighted by atomic mass is 35.5. The zero-order valence-electron chi connectivity index (χ0n) is 16.3. The van der Waals surface area contributed by atoms with Gasteiger partial charge in [-0.05, 0) is 54.5 Å². The molecule has 0 bridgehead atoms. The van der Waals surface area contributed by atoms with Gasteiger partial charge in [0.2, 0.25) is 5.91 Å². The van der Waals surface area contributed by atoms with E-state index < -0.39 is 17.5 Å². The predicted octanol–water partition coefficient (Wildman–Crippen LogP) is 3.70. The van der Waals surface area contributed by atoms with Crippen molar-refractivity contribution < 1.29 is 14.4 Å². The van der Waals surface area contributed by atoms with Crippen LogP contribution in [0.15, 0.2) is 35.7 Å². The molecule has 1 N–H and O–H groups in total. The normalized spacial score (nSPS) is 23.9. The molecule has 1 aromatic carbocycles. The summed E-state index contributed by atoms with van der Waals surface area (Å²) in [6.45, 7) is 4.03. The number of imide groups is 1. The quantitative estimate of drug-likeness (QED) is 0.750. The zero-order chi connectivity index (χ0) is 20.8. The summed E-state index contributed by atoms with van der Waals surface area (Å²) in [4.78, 5) is 42.9. The molecule has 2 aliphatic heterocycles.